The molecule has 0 aliphatic rings. The average molecular weight is 270 g/mol. The maximum absolute atomic E-state index is 11.2. The van der Waals surface area contributed by atoms with Crippen molar-refractivity contribution in [3.05, 3.63) is 23.9 Å². The van der Waals surface area contributed by atoms with Gasteiger partial charge in [-0.15, -0.1) is 11.8 Å². The van der Waals surface area contributed by atoms with Crippen LogP contribution in [0.5, 0.6) is 0 Å². The summed E-state index contributed by atoms with van der Waals surface area (Å²) in [7, 11) is 2.59. The molecule has 0 amide bonds. The van der Waals surface area contributed by atoms with E-state index in [1.807, 2.05) is 0 Å². The SMILES string of the molecule is COC(=O)c1ccc(SCC(N)C(=O)OC)nc1. The topological polar surface area (TPSA) is 91.5 Å². The largest absolute Gasteiger partial charge is 0.468 e. The Morgan fingerprint density at radius 3 is 2.61 bits per heavy atom. The zero-order valence-corrected chi connectivity index (χ0v) is 10.9. The molecule has 1 unspecified atom stereocenters. The fourth-order valence-corrected chi connectivity index (χ4v) is 1.88. The van der Waals surface area contributed by atoms with Crippen molar-refractivity contribution in [1.82, 2.24) is 4.98 Å². The van der Waals surface area contributed by atoms with Crippen molar-refractivity contribution in [2.24, 2.45) is 5.73 Å². The van der Waals surface area contributed by atoms with Crippen molar-refractivity contribution >= 4 is 23.7 Å². The van der Waals surface area contributed by atoms with E-state index in [2.05, 4.69) is 14.5 Å². The van der Waals surface area contributed by atoms with Gasteiger partial charge in [0.25, 0.3) is 0 Å². The number of thioether (sulfide) groups is 1. The summed E-state index contributed by atoms with van der Waals surface area (Å²) in [5.41, 5.74) is 5.95. The number of carbonyl (C=O) groups is 2. The van der Waals surface area contributed by atoms with E-state index in [9.17, 15) is 9.59 Å². The van der Waals surface area contributed by atoms with Crippen LogP contribution in [0.4, 0.5) is 0 Å². The molecule has 1 heterocycles. The first-order chi connectivity index (χ1) is 8.58. The highest BCUT2D eigenvalue weighted by Gasteiger charge is 2.14. The molecule has 7 heteroatoms. The Hall–Kier alpha value is -1.60. The van der Waals surface area contributed by atoms with Gasteiger partial charge in [0.15, 0.2) is 0 Å². The Balaban J connectivity index is 2.54. The molecule has 1 aromatic rings. The number of esters is 2. The lowest BCUT2D eigenvalue weighted by Gasteiger charge is -2.08. The minimum atomic E-state index is -0.693. The summed E-state index contributed by atoms with van der Waals surface area (Å²) in [5, 5.41) is 0.669. The van der Waals surface area contributed by atoms with Crippen LogP contribution in [0.25, 0.3) is 0 Å². The minimum Gasteiger partial charge on any atom is -0.468 e. The fraction of sp³-hybridized carbons (Fsp3) is 0.364. The molecular weight excluding hydrogens is 256 g/mol. The summed E-state index contributed by atoms with van der Waals surface area (Å²) in [5.74, 6) is -0.545. The van der Waals surface area contributed by atoms with E-state index in [-0.39, 0.29) is 0 Å². The normalized spacial score (nSPS) is 11.7. The van der Waals surface area contributed by atoms with Gasteiger partial charge in [0.05, 0.1) is 24.8 Å². The Bertz CT molecular complexity index is 422. The molecule has 0 fully saturated rings. The number of carbonyl (C=O) groups excluding carboxylic acids is 2. The summed E-state index contributed by atoms with van der Waals surface area (Å²) >= 11 is 1.31. The molecule has 0 saturated heterocycles. The number of hydrogen-bond donors (Lipinski definition) is 1. The lowest BCUT2D eigenvalue weighted by Crippen LogP contribution is -2.33. The zero-order chi connectivity index (χ0) is 13.5. The van der Waals surface area contributed by atoms with Gasteiger partial charge in [-0.1, -0.05) is 0 Å². The molecule has 0 bridgehead atoms. The van der Waals surface area contributed by atoms with Crippen molar-refractivity contribution in [1.29, 1.82) is 0 Å². The molecule has 18 heavy (non-hydrogen) atoms. The number of nitrogens with two attached hydrogens (primary N) is 1. The number of nitrogens with zero attached hydrogens (tertiary/aromatic N) is 1. The Morgan fingerprint density at radius 1 is 1.39 bits per heavy atom. The molecule has 0 aromatic carbocycles. The highest BCUT2D eigenvalue weighted by Crippen LogP contribution is 2.16. The van der Waals surface area contributed by atoms with E-state index in [0.717, 1.165) is 0 Å². The molecule has 0 aliphatic carbocycles. The monoisotopic (exact) mass is 270 g/mol. The summed E-state index contributed by atoms with van der Waals surface area (Å²) < 4.78 is 9.06. The lowest BCUT2D eigenvalue weighted by molar-refractivity contribution is -0.141. The molecular formula is C11H14N2O4S. The van der Waals surface area contributed by atoms with Gasteiger partial charge < -0.3 is 15.2 Å². The van der Waals surface area contributed by atoms with Gasteiger partial charge in [0.1, 0.15) is 6.04 Å². The fourth-order valence-electron chi connectivity index (χ4n) is 1.10. The van der Waals surface area contributed by atoms with Crippen LogP contribution in [-0.4, -0.2) is 42.9 Å². The van der Waals surface area contributed by atoms with Gasteiger partial charge in [-0.2, -0.15) is 0 Å². The van der Waals surface area contributed by atoms with Crippen LogP contribution < -0.4 is 5.73 Å². The maximum atomic E-state index is 11.2. The number of methoxy groups -OCH3 is 2. The Kier molecular flexibility index (Phi) is 5.60. The summed E-state index contributed by atoms with van der Waals surface area (Å²) in [6.07, 6.45) is 1.41. The Morgan fingerprint density at radius 2 is 2.11 bits per heavy atom. The van der Waals surface area contributed by atoms with Crippen molar-refractivity contribution < 1.29 is 19.1 Å². The molecule has 2 N–H and O–H groups in total. The molecule has 1 atom stereocenters. The van der Waals surface area contributed by atoms with Gasteiger partial charge in [-0.05, 0) is 12.1 Å². The van der Waals surface area contributed by atoms with E-state index in [0.29, 0.717) is 16.3 Å². The standard InChI is InChI=1S/C11H14N2O4S/c1-16-10(14)7-3-4-9(13-5-7)18-6-8(12)11(15)17-2/h3-5,8H,6,12H2,1-2H3. The second-order valence-electron chi connectivity index (χ2n) is 3.32. The molecule has 0 saturated carbocycles. The first-order valence-electron chi connectivity index (χ1n) is 5.09. The van der Waals surface area contributed by atoms with Gasteiger partial charge in [-0.25, -0.2) is 9.78 Å². The van der Waals surface area contributed by atoms with E-state index < -0.39 is 18.0 Å². The van der Waals surface area contributed by atoms with Crippen molar-refractivity contribution in [3.8, 4) is 0 Å². The maximum Gasteiger partial charge on any atom is 0.339 e. The van der Waals surface area contributed by atoms with Crippen molar-refractivity contribution in [2.75, 3.05) is 20.0 Å². The van der Waals surface area contributed by atoms with Gasteiger partial charge in [0, 0.05) is 11.9 Å². The van der Waals surface area contributed by atoms with E-state index in [1.165, 1.54) is 32.2 Å². The van der Waals surface area contributed by atoms with Gasteiger partial charge in [-0.3, -0.25) is 4.79 Å². The molecule has 0 spiro atoms. The van der Waals surface area contributed by atoms with Gasteiger partial charge in [0.2, 0.25) is 0 Å². The van der Waals surface area contributed by atoms with Crippen LogP contribution in [0.1, 0.15) is 10.4 Å². The summed E-state index contributed by atoms with van der Waals surface area (Å²) in [6, 6.07) is 2.58. The first-order valence-corrected chi connectivity index (χ1v) is 6.07. The second-order valence-corrected chi connectivity index (χ2v) is 4.36. The predicted molar refractivity (Wildman–Crippen MR) is 66.3 cm³/mol. The lowest BCUT2D eigenvalue weighted by atomic mass is 10.3. The van der Waals surface area contributed by atoms with Crippen LogP contribution >= 0.6 is 11.8 Å². The molecule has 0 radical (unpaired) electrons. The summed E-state index contributed by atoms with van der Waals surface area (Å²) in [4.78, 5) is 26.3. The highest BCUT2D eigenvalue weighted by atomic mass is 32.2. The molecule has 98 valence electrons. The second kappa shape index (κ2) is 6.97. The highest BCUT2D eigenvalue weighted by molar-refractivity contribution is 7.99. The van der Waals surface area contributed by atoms with Crippen molar-refractivity contribution in [2.45, 2.75) is 11.1 Å². The van der Waals surface area contributed by atoms with Gasteiger partial charge >= 0.3 is 11.9 Å². The summed E-state index contributed by atoms with van der Waals surface area (Å²) in [6.45, 7) is 0. The van der Waals surface area contributed by atoms with Crippen LogP contribution in [0.2, 0.25) is 0 Å². The number of hydrogen-bond acceptors (Lipinski definition) is 7. The minimum absolute atomic E-state index is 0.358. The quantitative estimate of drug-likeness (QED) is 0.614. The smallest absolute Gasteiger partial charge is 0.339 e. The van der Waals surface area contributed by atoms with E-state index in [1.54, 1.807) is 12.1 Å². The molecule has 1 rings (SSSR count). The molecule has 1 aromatic heterocycles. The van der Waals surface area contributed by atoms with Crippen LogP contribution in [0, 0.1) is 0 Å². The van der Waals surface area contributed by atoms with Crippen molar-refractivity contribution in [3.63, 3.8) is 0 Å². The third-order valence-electron chi connectivity index (χ3n) is 2.07. The zero-order valence-electron chi connectivity index (χ0n) is 10.1. The van der Waals surface area contributed by atoms with Crippen LogP contribution in [0.3, 0.4) is 0 Å². The third kappa shape index (κ3) is 4.01. The first kappa shape index (κ1) is 14.5. The van der Waals surface area contributed by atoms with Crippen LogP contribution in [-0.2, 0) is 14.3 Å². The number of ether oxygens (including phenoxy) is 2. The Labute approximate surface area is 109 Å². The number of aromatic nitrogens is 1. The third-order valence-corrected chi connectivity index (χ3v) is 3.14. The number of rotatable bonds is 5. The van der Waals surface area contributed by atoms with Crippen LogP contribution in [0.15, 0.2) is 23.4 Å². The number of pyridine rings is 1. The predicted octanol–water partition coefficient (Wildman–Crippen LogP) is 0.461. The van der Waals surface area contributed by atoms with E-state index >= 15 is 0 Å². The van der Waals surface area contributed by atoms with E-state index in [4.69, 9.17) is 5.73 Å². The molecule has 0 aliphatic heterocycles. The average Bonchev–Trinajstić information content (AvgIpc) is 2.43. The molecule has 6 nitrogen and oxygen atoms in total.